The van der Waals surface area contributed by atoms with E-state index in [9.17, 15) is 19.2 Å². The molecule has 1 atom stereocenters. The Kier molecular flexibility index (Phi) is 19.1. The second-order valence-electron chi connectivity index (χ2n) is 12.7. The second kappa shape index (κ2) is 23.8. The maximum Gasteiger partial charge on any atom is 0.343 e. The summed E-state index contributed by atoms with van der Waals surface area (Å²) in [5, 5.41) is 0. The van der Waals surface area contributed by atoms with E-state index < -0.39 is 30.0 Å². The van der Waals surface area contributed by atoms with Crippen molar-refractivity contribution in [3.63, 3.8) is 0 Å². The molecule has 0 aliphatic carbocycles. The molecule has 9 heteroatoms. The highest BCUT2D eigenvalue weighted by Gasteiger charge is 2.17. The third-order valence-corrected chi connectivity index (χ3v) is 8.34. The molecule has 0 heterocycles. The Balaban J connectivity index is 1.36. The molecule has 3 aromatic carbocycles. The van der Waals surface area contributed by atoms with Crippen LogP contribution in [0.25, 0.3) is 0 Å². The molecule has 3 rings (SSSR count). The Labute approximate surface area is 303 Å². The Morgan fingerprint density at radius 3 is 1.24 bits per heavy atom. The van der Waals surface area contributed by atoms with Crippen LogP contribution in [0.4, 0.5) is 0 Å². The smallest absolute Gasteiger partial charge is 0.343 e. The molecule has 0 aromatic heterocycles. The number of benzene rings is 3. The van der Waals surface area contributed by atoms with Gasteiger partial charge in [-0.2, -0.15) is 0 Å². The van der Waals surface area contributed by atoms with Gasteiger partial charge in [-0.25, -0.2) is 19.2 Å². The lowest BCUT2D eigenvalue weighted by atomic mass is 10.1. The van der Waals surface area contributed by atoms with Crippen molar-refractivity contribution in [1.29, 1.82) is 0 Å². The summed E-state index contributed by atoms with van der Waals surface area (Å²) in [4.78, 5) is 50.1. The molecule has 0 saturated carbocycles. The van der Waals surface area contributed by atoms with Crippen LogP contribution in [0.5, 0.6) is 17.2 Å². The minimum atomic E-state index is -0.699. The third-order valence-electron chi connectivity index (χ3n) is 8.34. The van der Waals surface area contributed by atoms with Crippen LogP contribution >= 0.6 is 0 Å². The van der Waals surface area contributed by atoms with Gasteiger partial charge in [-0.05, 0) is 92.6 Å². The molecule has 51 heavy (non-hydrogen) atoms. The lowest BCUT2D eigenvalue weighted by Gasteiger charge is -2.13. The number of rotatable bonds is 24. The second-order valence-corrected chi connectivity index (χ2v) is 12.7. The van der Waals surface area contributed by atoms with Gasteiger partial charge in [0, 0.05) is 6.61 Å². The molecule has 0 aliphatic heterocycles. The van der Waals surface area contributed by atoms with Gasteiger partial charge in [-0.3, -0.25) is 0 Å². The zero-order valence-corrected chi connectivity index (χ0v) is 30.5. The highest BCUT2D eigenvalue weighted by Crippen LogP contribution is 2.20. The van der Waals surface area contributed by atoms with E-state index in [0.717, 1.165) is 32.1 Å². The number of hydrogen-bond donors (Lipinski definition) is 0. The standard InChI is InChI=1S/C42H54O9/c1-4-6-8-10-12-13-15-16-30-47-32(3)39(43)49-36-26-20-34(21-27-36)41(45)51-38-28-22-35(23-29-38)42(46)50-37-24-18-33(19-25-37)40(44)48-31-17-14-11-9-7-5-2/h18-29,32H,4-17,30-31H2,1-3H3. The van der Waals surface area contributed by atoms with Crippen molar-refractivity contribution >= 4 is 23.9 Å². The SMILES string of the molecule is CCCCCCCCCCOC(C)C(=O)Oc1ccc(C(=O)Oc2ccc(C(=O)Oc3ccc(C(=O)OCCCCCCCC)cc3)cc2)cc1. The van der Waals surface area contributed by atoms with E-state index >= 15 is 0 Å². The van der Waals surface area contributed by atoms with Crippen molar-refractivity contribution in [2.24, 2.45) is 0 Å². The highest BCUT2D eigenvalue weighted by atomic mass is 16.6. The summed E-state index contributed by atoms with van der Waals surface area (Å²) in [6.45, 7) is 6.94. The molecule has 9 nitrogen and oxygen atoms in total. The molecule has 0 saturated heterocycles. The Bertz CT molecular complexity index is 1460. The van der Waals surface area contributed by atoms with Gasteiger partial charge >= 0.3 is 23.9 Å². The van der Waals surface area contributed by atoms with Crippen LogP contribution < -0.4 is 14.2 Å². The average molecular weight is 703 g/mol. The summed E-state index contributed by atoms with van der Waals surface area (Å²) in [6.07, 6.45) is 15.5. The number of carbonyl (C=O) groups excluding carboxylic acids is 4. The Morgan fingerprint density at radius 1 is 0.451 bits per heavy atom. The van der Waals surface area contributed by atoms with Crippen molar-refractivity contribution in [3.05, 3.63) is 89.5 Å². The molecule has 0 aliphatic rings. The molecular formula is C42H54O9. The van der Waals surface area contributed by atoms with Gasteiger partial charge in [-0.15, -0.1) is 0 Å². The number of hydrogen-bond acceptors (Lipinski definition) is 9. The minimum Gasteiger partial charge on any atom is -0.462 e. The molecule has 0 bridgehead atoms. The fourth-order valence-electron chi connectivity index (χ4n) is 5.20. The first-order valence-electron chi connectivity index (χ1n) is 18.6. The maximum absolute atomic E-state index is 12.7. The number of esters is 4. The van der Waals surface area contributed by atoms with Gasteiger partial charge in [-0.1, -0.05) is 90.9 Å². The maximum atomic E-state index is 12.7. The first kappa shape index (κ1) is 40.9. The highest BCUT2D eigenvalue weighted by molar-refractivity contribution is 5.93. The molecule has 0 radical (unpaired) electrons. The molecule has 0 N–H and O–H groups in total. The van der Waals surface area contributed by atoms with Crippen molar-refractivity contribution in [3.8, 4) is 17.2 Å². The van der Waals surface area contributed by atoms with Crippen molar-refractivity contribution in [2.75, 3.05) is 13.2 Å². The molecule has 3 aromatic rings. The van der Waals surface area contributed by atoms with E-state index in [1.807, 2.05) is 0 Å². The molecule has 276 valence electrons. The van der Waals surface area contributed by atoms with Crippen LogP contribution in [0.1, 0.15) is 142 Å². The van der Waals surface area contributed by atoms with E-state index in [2.05, 4.69) is 13.8 Å². The van der Waals surface area contributed by atoms with E-state index in [0.29, 0.717) is 24.5 Å². The molecule has 0 spiro atoms. The topological polar surface area (TPSA) is 114 Å². The molecular weight excluding hydrogens is 648 g/mol. The predicted octanol–water partition coefficient (Wildman–Crippen LogP) is 10.1. The van der Waals surface area contributed by atoms with Crippen molar-refractivity contribution in [2.45, 2.75) is 117 Å². The Hall–Kier alpha value is -4.50. The first-order valence-corrected chi connectivity index (χ1v) is 18.6. The lowest BCUT2D eigenvalue weighted by molar-refractivity contribution is -0.146. The first-order chi connectivity index (χ1) is 24.8. The zero-order chi connectivity index (χ0) is 36.7. The largest absolute Gasteiger partial charge is 0.462 e. The summed E-state index contributed by atoms with van der Waals surface area (Å²) in [6, 6.07) is 18.2. The number of carbonyl (C=O) groups is 4. The van der Waals surface area contributed by atoms with E-state index in [4.69, 9.17) is 23.7 Å². The van der Waals surface area contributed by atoms with E-state index in [1.165, 1.54) is 118 Å². The van der Waals surface area contributed by atoms with E-state index in [1.54, 1.807) is 19.1 Å². The summed E-state index contributed by atoms with van der Waals surface area (Å²) >= 11 is 0. The number of ether oxygens (including phenoxy) is 5. The average Bonchev–Trinajstić information content (AvgIpc) is 3.14. The van der Waals surface area contributed by atoms with Crippen molar-refractivity contribution in [1.82, 2.24) is 0 Å². The summed E-state index contributed by atoms with van der Waals surface area (Å²) < 4.78 is 27.3. The third kappa shape index (κ3) is 15.9. The van der Waals surface area contributed by atoms with Crippen LogP contribution in [-0.2, 0) is 14.3 Å². The fourth-order valence-corrected chi connectivity index (χ4v) is 5.20. The van der Waals surface area contributed by atoms with Crippen LogP contribution in [0.15, 0.2) is 72.8 Å². The van der Waals surface area contributed by atoms with Crippen LogP contribution in [-0.4, -0.2) is 43.2 Å². The molecule has 0 amide bonds. The normalized spacial score (nSPS) is 11.4. The Morgan fingerprint density at radius 2 is 0.804 bits per heavy atom. The summed E-state index contributed by atoms with van der Waals surface area (Å²) in [5.74, 6) is -1.33. The predicted molar refractivity (Wildman–Crippen MR) is 197 cm³/mol. The van der Waals surface area contributed by atoms with E-state index in [-0.39, 0.29) is 22.6 Å². The minimum absolute atomic E-state index is 0.235. The summed E-state index contributed by atoms with van der Waals surface area (Å²) in [5.41, 5.74) is 0.887. The lowest BCUT2D eigenvalue weighted by Crippen LogP contribution is -2.26. The fraction of sp³-hybridized carbons (Fsp3) is 0.476. The van der Waals surface area contributed by atoms with Crippen LogP contribution in [0.3, 0.4) is 0 Å². The monoisotopic (exact) mass is 702 g/mol. The van der Waals surface area contributed by atoms with Gasteiger partial charge in [0.2, 0.25) is 0 Å². The van der Waals surface area contributed by atoms with Gasteiger partial charge in [0.05, 0.1) is 23.3 Å². The molecule has 1 unspecified atom stereocenters. The van der Waals surface area contributed by atoms with Crippen LogP contribution in [0.2, 0.25) is 0 Å². The van der Waals surface area contributed by atoms with Gasteiger partial charge in [0.1, 0.15) is 17.2 Å². The summed E-state index contributed by atoms with van der Waals surface area (Å²) in [7, 11) is 0. The number of unbranched alkanes of at least 4 members (excludes halogenated alkanes) is 12. The van der Waals surface area contributed by atoms with Gasteiger partial charge in [0.25, 0.3) is 0 Å². The quantitative estimate of drug-likeness (QED) is 0.0511. The zero-order valence-electron chi connectivity index (χ0n) is 30.5. The van der Waals surface area contributed by atoms with Crippen LogP contribution in [0, 0.1) is 0 Å². The van der Waals surface area contributed by atoms with Crippen molar-refractivity contribution < 1.29 is 42.9 Å². The molecule has 0 fully saturated rings. The van der Waals surface area contributed by atoms with Gasteiger partial charge < -0.3 is 23.7 Å². The van der Waals surface area contributed by atoms with Gasteiger partial charge in [0.15, 0.2) is 6.10 Å².